The molecule has 0 radical (unpaired) electrons. The molecule has 1 amide bonds. The van der Waals surface area contributed by atoms with Gasteiger partial charge in [0.05, 0.1) is 16.4 Å². The van der Waals surface area contributed by atoms with Crippen molar-refractivity contribution in [1.29, 1.82) is 0 Å². The smallest absolute Gasteiger partial charge is 0.435 e. The van der Waals surface area contributed by atoms with Crippen molar-refractivity contribution in [2.75, 3.05) is 5.32 Å². The first-order valence-corrected chi connectivity index (χ1v) is 7.53. The number of alkyl halides is 3. The Morgan fingerprint density at radius 3 is 2.44 bits per heavy atom. The molecule has 9 heteroatoms. The number of hydrogen-bond donors (Lipinski definition) is 1. The fraction of sp³-hybridized carbons (Fsp3) is 0.312. The van der Waals surface area contributed by atoms with Crippen LogP contribution >= 0.6 is 11.6 Å². The predicted octanol–water partition coefficient (Wildman–Crippen LogP) is 5.16. The summed E-state index contributed by atoms with van der Waals surface area (Å²) in [6.07, 6.45) is -3.08. The topological polar surface area (TPSA) is 64.1 Å². The van der Waals surface area contributed by atoms with E-state index in [0.717, 1.165) is 6.07 Å². The highest BCUT2D eigenvalue weighted by Gasteiger charge is 2.37. The van der Waals surface area contributed by atoms with E-state index in [9.17, 15) is 18.0 Å². The van der Waals surface area contributed by atoms with Gasteiger partial charge in [0.2, 0.25) is 0 Å². The Bertz CT molecular complexity index is 789. The molecule has 5 nitrogen and oxygen atoms in total. The van der Waals surface area contributed by atoms with Gasteiger partial charge in [-0.15, -0.1) is 0 Å². The number of nitrogens with zero attached hydrogens (tertiary/aromatic N) is 2. The van der Waals surface area contributed by atoms with Crippen molar-refractivity contribution < 1.29 is 22.7 Å². The lowest BCUT2D eigenvalue weighted by atomic mass is 10.1. The van der Waals surface area contributed by atoms with Crippen LogP contribution in [0.1, 0.15) is 26.5 Å². The number of carbonyl (C=O) groups is 1. The average molecular weight is 374 g/mol. The number of rotatable bonds is 2. The van der Waals surface area contributed by atoms with Crippen LogP contribution < -0.4 is 5.32 Å². The molecule has 0 aromatic carbocycles. The molecule has 1 N–H and O–H groups in total. The molecule has 0 bridgehead atoms. The molecule has 0 aliphatic rings. The molecular weight excluding hydrogens is 359 g/mol. The summed E-state index contributed by atoms with van der Waals surface area (Å²) in [5.74, 6) is 0. The van der Waals surface area contributed by atoms with Crippen molar-refractivity contribution in [1.82, 2.24) is 9.97 Å². The molecule has 0 atom stereocenters. The SMILES string of the molecule is CC(C)(C)OC(=O)Nc1ccc(-c2cncc(Cl)c2)nc1C(F)(F)F. The number of nitrogens with one attached hydrogen (secondary N) is 1. The Morgan fingerprint density at radius 2 is 1.88 bits per heavy atom. The van der Waals surface area contributed by atoms with E-state index in [2.05, 4.69) is 15.3 Å². The zero-order chi connectivity index (χ0) is 18.8. The lowest BCUT2D eigenvalue weighted by Crippen LogP contribution is -2.28. The van der Waals surface area contributed by atoms with Crippen LogP contribution in [-0.2, 0) is 10.9 Å². The fourth-order valence-electron chi connectivity index (χ4n) is 1.90. The maximum atomic E-state index is 13.3. The highest BCUT2D eigenvalue weighted by Crippen LogP contribution is 2.35. The van der Waals surface area contributed by atoms with Crippen LogP contribution in [0.2, 0.25) is 5.02 Å². The third kappa shape index (κ3) is 5.32. The highest BCUT2D eigenvalue weighted by molar-refractivity contribution is 6.30. The lowest BCUT2D eigenvalue weighted by molar-refractivity contribution is -0.140. The van der Waals surface area contributed by atoms with Gasteiger partial charge in [-0.25, -0.2) is 9.78 Å². The zero-order valence-electron chi connectivity index (χ0n) is 13.6. The molecule has 0 aliphatic carbocycles. The van der Waals surface area contributed by atoms with Gasteiger partial charge in [0.1, 0.15) is 5.60 Å². The van der Waals surface area contributed by atoms with E-state index < -0.39 is 29.3 Å². The maximum absolute atomic E-state index is 13.3. The highest BCUT2D eigenvalue weighted by atomic mass is 35.5. The Kier molecular flexibility index (Phi) is 5.22. The van der Waals surface area contributed by atoms with Crippen molar-refractivity contribution in [3.05, 3.63) is 41.3 Å². The van der Waals surface area contributed by atoms with Crippen molar-refractivity contribution in [2.24, 2.45) is 0 Å². The van der Waals surface area contributed by atoms with Gasteiger partial charge in [-0.1, -0.05) is 11.6 Å². The van der Waals surface area contributed by atoms with Crippen LogP contribution in [-0.4, -0.2) is 21.7 Å². The van der Waals surface area contributed by atoms with Crippen molar-refractivity contribution in [2.45, 2.75) is 32.5 Å². The molecule has 2 aromatic heterocycles. The van der Waals surface area contributed by atoms with Crippen LogP contribution in [0.3, 0.4) is 0 Å². The molecule has 134 valence electrons. The van der Waals surface area contributed by atoms with Crippen LogP contribution in [0.5, 0.6) is 0 Å². The fourth-order valence-corrected chi connectivity index (χ4v) is 2.08. The summed E-state index contributed by atoms with van der Waals surface area (Å²) in [6.45, 7) is 4.81. The van der Waals surface area contributed by atoms with Gasteiger partial charge in [-0.2, -0.15) is 13.2 Å². The lowest BCUT2D eigenvalue weighted by Gasteiger charge is -2.20. The Morgan fingerprint density at radius 1 is 1.20 bits per heavy atom. The third-order valence-electron chi connectivity index (χ3n) is 2.80. The average Bonchev–Trinajstić information content (AvgIpc) is 2.44. The minimum Gasteiger partial charge on any atom is -0.444 e. The van der Waals surface area contributed by atoms with Gasteiger partial charge in [0, 0.05) is 18.0 Å². The summed E-state index contributed by atoms with van der Waals surface area (Å²) in [6, 6.07) is 3.88. The Labute approximate surface area is 147 Å². The number of halogens is 4. The number of carbonyl (C=O) groups excluding carboxylic acids is 1. The van der Waals surface area contributed by atoms with E-state index in [1.807, 2.05) is 0 Å². The molecule has 0 saturated carbocycles. The molecule has 0 fully saturated rings. The summed E-state index contributed by atoms with van der Waals surface area (Å²) < 4.78 is 44.9. The van der Waals surface area contributed by atoms with Gasteiger partial charge in [-0.05, 0) is 39.0 Å². The standard InChI is InChI=1S/C16H15ClF3N3O2/c1-15(2,3)25-14(24)23-12-5-4-11(22-13(12)16(18,19)20)9-6-10(17)8-21-7-9/h4-8H,1-3H3,(H,23,24). The molecule has 0 unspecified atom stereocenters. The summed E-state index contributed by atoms with van der Waals surface area (Å²) in [5.41, 5.74) is -2.24. The van der Waals surface area contributed by atoms with Gasteiger partial charge < -0.3 is 4.74 Å². The van der Waals surface area contributed by atoms with Crippen LogP contribution in [0.25, 0.3) is 11.3 Å². The largest absolute Gasteiger partial charge is 0.444 e. The minimum atomic E-state index is -4.77. The van der Waals surface area contributed by atoms with Gasteiger partial charge >= 0.3 is 12.3 Å². The van der Waals surface area contributed by atoms with Crippen LogP contribution in [0, 0.1) is 0 Å². The molecule has 2 heterocycles. The number of pyridine rings is 2. The van der Waals surface area contributed by atoms with E-state index in [-0.39, 0.29) is 10.7 Å². The van der Waals surface area contributed by atoms with E-state index in [0.29, 0.717) is 5.56 Å². The summed E-state index contributed by atoms with van der Waals surface area (Å²) in [7, 11) is 0. The third-order valence-corrected chi connectivity index (χ3v) is 3.01. The summed E-state index contributed by atoms with van der Waals surface area (Å²) in [4.78, 5) is 19.2. The van der Waals surface area contributed by atoms with E-state index in [4.69, 9.17) is 16.3 Å². The van der Waals surface area contributed by atoms with Crippen LogP contribution in [0.4, 0.5) is 23.7 Å². The first-order chi connectivity index (χ1) is 11.5. The molecular formula is C16H15ClF3N3O2. The Balaban J connectivity index is 2.40. The van der Waals surface area contributed by atoms with Gasteiger partial charge in [0.25, 0.3) is 0 Å². The van der Waals surface area contributed by atoms with E-state index in [1.165, 1.54) is 24.5 Å². The van der Waals surface area contributed by atoms with Crippen LogP contribution in [0.15, 0.2) is 30.6 Å². The molecule has 2 aromatic rings. The second-order valence-corrected chi connectivity index (χ2v) is 6.55. The molecule has 25 heavy (non-hydrogen) atoms. The zero-order valence-corrected chi connectivity index (χ0v) is 14.4. The number of aromatic nitrogens is 2. The molecule has 0 aliphatic heterocycles. The second kappa shape index (κ2) is 6.87. The first kappa shape index (κ1) is 19.0. The Hall–Kier alpha value is -2.35. The first-order valence-electron chi connectivity index (χ1n) is 7.15. The van der Waals surface area contributed by atoms with Gasteiger partial charge in [0.15, 0.2) is 5.69 Å². The minimum absolute atomic E-state index is 0.0251. The number of anilines is 1. The number of hydrogen-bond acceptors (Lipinski definition) is 4. The molecule has 0 saturated heterocycles. The molecule has 2 rings (SSSR count). The monoisotopic (exact) mass is 373 g/mol. The van der Waals surface area contributed by atoms with Crippen molar-refractivity contribution in [3.63, 3.8) is 0 Å². The van der Waals surface area contributed by atoms with Crippen molar-refractivity contribution >= 4 is 23.4 Å². The molecule has 0 spiro atoms. The van der Waals surface area contributed by atoms with E-state index >= 15 is 0 Å². The van der Waals surface area contributed by atoms with E-state index in [1.54, 1.807) is 20.8 Å². The predicted molar refractivity (Wildman–Crippen MR) is 87.3 cm³/mol. The van der Waals surface area contributed by atoms with Crippen molar-refractivity contribution in [3.8, 4) is 11.3 Å². The second-order valence-electron chi connectivity index (χ2n) is 6.11. The maximum Gasteiger partial charge on any atom is 0.435 e. The summed E-state index contributed by atoms with van der Waals surface area (Å²) >= 11 is 5.80. The van der Waals surface area contributed by atoms with Gasteiger partial charge in [-0.3, -0.25) is 10.3 Å². The number of amides is 1. The quantitative estimate of drug-likeness (QED) is 0.789. The number of ether oxygens (including phenoxy) is 1. The normalized spacial score (nSPS) is 12.0. The summed E-state index contributed by atoms with van der Waals surface area (Å²) in [5, 5.41) is 2.35.